The maximum absolute atomic E-state index is 12.1. The summed E-state index contributed by atoms with van der Waals surface area (Å²) < 4.78 is 0.997. The normalized spacial score (nSPS) is 12.2. The molecule has 0 aliphatic carbocycles. The minimum atomic E-state index is -0.0544. The van der Waals surface area contributed by atoms with Crippen molar-refractivity contribution in [3.63, 3.8) is 0 Å². The van der Waals surface area contributed by atoms with Crippen LogP contribution < -0.4 is 5.32 Å². The van der Waals surface area contributed by atoms with Gasteiger partial charge in [-0.05, 0) is 59.1 Å². The van der Waals surface area contributed by atoms with Gasteiger partial charge in [-0.1, -0.05) is 23.7 Å². The van der Waals surface area contributed by atoms with E-state index in [2.05, 4.69) is 21.2 Å². The fraction of sp³-hybridized carbons (Fsp3) is 0.214. The molecule has 2 aromatic rings. The monoisotopic (exact) mass is 357 g/mol. The van der Waals surface area contributed by atoms with Crippen molar-refractivity contribution >= 4 is 44.8 Å². The first-order valence-corrected chi connectivity index (χ1v) is 7.78. The summed E-state index contributed by atoms with van der Waals surface area (Å²) in [6.07, 6.45) is 0. The van der Waals surface area contributed by atoms with E-state index in [0.29, 0.717) is 9.90 Å². The number of hydrogen-bond donors (Lipinski definition) is 1. The van der Waals surface area contributed by atoms with Gasteiger partial charge in [-0.2, -0.15) is 0 Å². The highest BCUT2D eigenvalue weighted by molar-refractivity contribution is 9.11. The van der Waals surface area contributed by atoms with Gasteiger partial charge in [0.05, 0.1) is 14.7 Å². The first-order valence-electron chi connectivity index (χ1n) is 5.79. The van der Waals surface area contributed by atoms with Gasteiger partial charge >= 0.3 is 0 Å². The van der Waals surface area contributed by atoms with E-state index in [4.69, 9.17) is 11.6 Å². The minimum Gasteiger partial charge on any atom is -0.345 e. The highest BCUT2D eigenvalue weighted by Crippen LogP contribution is 2.27. The number of benzene rings is 1. The summed E-state index contributed by atoms with van der Waals surface area (Å²) >= 11 is 10.7. The quantitative estimate of drug-likeness (QED) is 0.825. The van der Waals surface area contributed by atoms with Gasteiger partial charge in [-0.3, -0.25) is 4.79 Å². The second kappa shape index (κ2) is 6.07. The van der Waals surface area contributed by atoms with Crippen molar-refractivity contribution in [2.75, 3.05) is 0 Å². The standard InChI is InChI=1S/C14H13BrClNOS/c1-8-7-12(19-13(8)15)14(18)17-9(2)10-3-5-11(16)6-4-10/h3-7,9H,1-2H3,(H,17,18). The van der Waals surface area contributed by atoms with Crippen LogP contribution in [0, 0.1) is 6.92 Å². The Morgan fingerprint density at radius 2 is 2.00 bits per heavy atom. The molecule has 1 aromatic carbocycles. The number of rotatable bonds is 3. The zero-order valence-corrected chi connectivity index (χ0v) is 13.7. The molecule has 19 heavy (non-hydrogen) atoms. The summed E-state index contributed by atoms with van der Waals surface area (Å²) in [6, 6.07) is 9.33. The number of halogens is 2. The van der Waals surface area contributed by atoms with Crippen molar-refractivity contribution in [2.24, 2.45) is 0 Å². The zero-order chi connectivity index (χ0) is 14.0. The molecule has 1 atom stereocenters. The summed E-state index contributed by atoms with van der Waals surface area (Å²) in [5.41, 5.74) is 2.11. The number of carbonyl (C=O) groups is 1. The van der Waals surface area contributed by atoms with E-state index in [0.717, 1.165) is 14.9 Å². The topological polar surface area (TPSA) is 29.1 Å². The van der Waals surface area contributed by atoms with Crippen molar-refractivity contribution in [3.05, 3.63) is 55.1 Å². The molecule has 0 fully saturated rings. The summed E-state index contributed by atoms with van der Waals surface area (Å²) in [5.74, 6) is -0.0544. The Balaban J connectivity index is 2.08. The summed E-state index contributed by atoms with van der Waals surface area (Å²) in [6.45, 7) is 3.93. The molecule has 0 aliphatic heterocycles. The van der Waals surface area contributed by atoms with Crippen LogP contribution in [-0.2, 0) is 0 Å². The molecule has 1 heterocycles. The highest BCUT2D eigenvalue weighted by Gasteiger charge is 2.14. The van der Waals surface area contributed by atoms with Crippen molar-refractivity contribution in [1.82, 2.24) is 5.32 Å². The lowest BCUT2D eigenvalue weighted by molar-refractivity contribution is 0.0944. The fourth-order valence-electron chi connectivity index (χ4n) is 1.67. The Hall–Kier alpha value is -0.840. The molecule has 0 radical (unpaired) electrons. The van der Waals surface area contributed by atoms with Crippen molar-refractivity contribution in [2.45, 2.75) is 19.9 Å². The molecule has 2 nitrogen and oxygen atoms in total. The Morgan fingerprint density at radius 1 is 1.37 bits per heavy atom. The van der Waals surface area contributed by atoms with Crippen LogP contribution in [0.4, 0.5) is 0 Å². The minimum absolute atomic E-state index is 0.0500. The third-order valence-corrected chi connectivity index (χ3v) is 5.19. The van der Waals surface area contributed by atoms with Crippen molar-refractivity contribution in [3.8, 4) is 0 Å². The average molecular weight is 359 g/mol. The SMILES string of the molecule is Cc1cc(C(=O)NC(C)c2ccc(Cl)cc2)sc1Br. The number of nitrogens with one attached hydrogen (secondary N) is 1. The van der Waals surface area contributed by atoms with Crippen LogP contribution in [0.3, 0.4) is 0 Å². The van der Waals surface area contributed by atoms with E-state index in [-0.39, 0.29) is 11.9 Å². The zero-order valence-electron chi connectivity index (χ0n) is 10.5. The molecule has 1 unspecified atom stereocenters. The molecule has 5 heteroatoms. The van der Waals surface area contributed by atoms with E-state index in [1.807, 2.05) is 44.2 Å². The predicted molar refractivity (Wildman–Crippen MR) is 84.1 cm³/mol. The van der Waals surface area contributed by atoms with E-state index in [1.165, 1.54) is 11.3 Å². The molecule has 0 bridgehead atoms. The summed E-state index contributed by atoms with van der Waals surface area (Å²) in [7, 11) is 0. The van der Waals surface area contributed by atoms with Crippen LogP contribution >= 0.6 is 38.9 Å². The lowest BCUT2D eigenvalue weighted by atomic mass is 10.1. The number of amides is 1. The molecule has 2 rings (SSSR count). The van der Waals surface area contributed by atoms with Crippen LogP contribution in [0.2, 0.25) is 5.02 Å². The first kappa shape index (κ1) is 14.6. The smallest absolute Gasteiger partial charge is 0.261 e. The third kappa shape index (κ3) is 3.59. The van der Waals surface area contributed by atoms with E-state index >= 15 is 0 Å². The number of thiophene rings is 1. The van der Waals surface area contributed by atoms with Gasteiger partial charge in [0.2, 0.25) is 0 Å². The van der Waals surface area contributed by atoms with Gasteiger partial charge < -0.3 is 5.32 Å². The predicted octanol–water partition coefficient (Wildman–Crippen LogP) is 4.96. The molecule has 0 aliphatic rings. The largest absolute Gasteiger partial charge is 0.345 e. The maximum atomic E-state index is 12.1. The highest BCUT2D eigenvalue weighted by atomic mass is 79.9. The van der Waals surface area contributed by atoms with Gasteiger partial charge in [0.15, 0.2) is 0 Å². The van der Waals surface area contributed by atoms with Gasteiger partial charge in [-0.15, -0.1) is 11.3 Å². The lowest BCUT2D eigenvalue weighted by Crippen LogP contribution is -2.25. The third-order valence-electron chi connectivity index (χ3n) is 2.80. The van der Waals surface area contributed by atoms with Crippen molar-refractivity contribution < 1.29 is 4.79 Å². The van der Waals surface area contributed by atoms with Gasteiger partial charge in [0.25, 0.3) is 5.91 Å². The lowest BCUT2D eigenvalue weighted by Gasteiger charge is -2.13. The van der Waals surface area contributed by atoms with Gasteiger partial charge in [0, 0.05) is 5.02 Å². The van der Waals surface area contributed by atoms with Gasteiger partial charge in [-0.25, -0.2) is 0 Å². The Kier molecular flexibility index (Phi) is 4.66. The van der Waals surface area contributed by atoms with E-state index < -0.39 is 0 Å². The molecule has 1 amide bonds. The maximum Gasteiger partial charge on any atom is 0.261 e. The number of aryl methyl sites for hydroxylation is 1. The number of hydrogen-bond acceptors (Lipinski definition) is 2. The second-order valence-electron chi connectivity index (χ2n) is 4.31. The van der Waals surface area contributed by atoms with Crippen LogP contribution in [-0.4, -0.2) is 5.91 Å². The second-order valence-corrected chi connectivity index (χ2v) is 7.12. The average Bonchev–Trinajstić information content (AvgIpc) is 2.70. The molecular weight excluding hydrogens is 346 g/mol. The molecule has 0 saturated heterocycles. The molecule has 0 spiro atoms. The van der Waals surface area contributed by atoms with E-state index in [1.54, 1.807) is 0 Å². The van der Waals surface area contributed by atoms with Crippen molar-refractivity contribution in [1.29, 1.82) is 0 Å². The fourth-order valence-corrected chi connectivity index (χ4v) is 3.24. The summed E-state index contributed by atoms with van der Waals surface area (Å²) in [4.78, 5) is 12.8. The Morgan fingerprint density at radius 3 is 2.53 bits per heavy atom. The molecule has 1 aromatic heterocycles. The Labute approximate surface area is 129 Å². The van der Waals surface area contributed by atoms with Crippen LogP contribution in [0.1, 0.15) is 33.8 Å². The molecular formula is C14H13BrClNOS. The van der Waals surface area contributed by atoms with Crippen LogP contribution in [0.15, 0.2) is 34.1 Å². The number of carbonyl (C=O) groups excluding carboxylic acids is 1. The van der Waals surface area contributed by atoms with E-state index in [9.17, 15) is 4.79 Å². The van der Waals surface area contributed by atoms with Crippen LogP contribution in [0.5, 0.6) is 0 Å². The molecule has 0 saturated carbocycles. The Bertz CT molecular complexity index is 574. The molecule has 1 N–H and O–H groups in total. The van der Waals surface area contributed by atoms with Gasteiger partial charge in [0.1, 0.15) is 0 Å². The molecule has 100 valence electrons. The first-order chi connectivity index (χ1) is 8.97. The summed E-state index contributed by atoms with van der Waals surface area (Å²) in [5, 5.41) is 3.67. The van der Waals surface area contributed by atoms with Crippen LogP contribution in [0.25, 0.3) is 0 Å².